The summed E-state index contributed by atoms with van der Waals surface area (Å²) in [4.78, 5) is 6.86. The lowest BCUT2D eigenvalue weighted by Gasteiger charge is -2.47. The molecular weight excluding hydrogens is 238 g/mol. The van der Waals surface area contributed by atoms with Gasteiger partial charge in [-0.2, -0.15) is 5.10 Å². The van der Waals surface area contributed by atoms with Crippen LogP contribution in [0.4, 0.5) is 0 Å². The van der Waals surface area contributed by atoms with Crippen LogP contribution in [-0.2, 0) is 13.6 Å². The van der Waals surface area contributed by atoms with E-state index in [2.05, 4.69) is 28.8 Å². The molecule has 0 aromatic carbocycles. The maximum absolute atomic E-state index is 6.16. The molecule has 0 aliphatic heterocycles. The summed E-state index contributed by atoms with van der Waals surface area (Å²) in [7, 11) is 1.95. The topological polar surface area (TPSA) is 60.0 Å². The SMILES string of the molecule is CCN(Cc1ncnn1C)C1(CN)CCCC(C)C1. The molecule has 2 N–H and O–H groups in total. The number of aryl methyl sites for hydroxylation is 1. The van der Waals surface area contributed by atoms with Crippen molar-refractivity contribution < 1.29 is 0 Å². The number of likely N-dealkylation sites (N-methyl/N-ethyl adjacent to an activating group) is 1. The highest BCUT2D eigenvalue weighted by Gasteiger charge is 2.38. The maximum Gasteiger partial charge on any atom is 0.140 e. The van der Waals surface area contributed by atoms with Crippen molar-refractivity contribution in [3.8, 4) is 0 Å². The fourth-order valence-corrected chi connectivity index (χ4v) is 3.48. The van der Waals surface area contributed by atoms with Crippen LogP contribution in [0.25, 0.3) is 0 Å². The summed E-state index contributed by atoms with van der Waals surface area (Å²) in [6.07, 6.45) is 6.66. The zero-order chi connectivity index (χ0) is 13.9. The maximum atomic E-state index is 6.16. The monoisotopic (exact) mass is 265 g/mol. The molecule has 1 aromatic rings. The smallest absolute Gasteiger partial charge is 0.140 e. The third kappa shape index (κ3) is 2.98. The van der Waals surface area contributed by atoms with Crippen LogP contribution in [0, 0.1) is 5.92 Å². The van der Waals surface area contributed by atoms with E-state index in [-0.39, 0.29) is 5.54 Å². The van der Waals surface area contributed by atoms with Crippen molar-refractivity contribution in [3.05, 3.63) is 12.2 Å². The number of rotatable bonds is 5. The van der Waals surface area contributed by atoms with Gasteiger partial charge in [0.15, 0.2) is 0 Å². The molecule has 5 nitrogen and oxygen atoms in total. The number of hydrogen-bond donors (Lipinski definition) is 1. The Labute approximate surface area is 116 Å². The average Bonchev–Trinajstić information content (AvgIpc) is 2.81. The molecule has 0 spiro atoms. The van der Waals surface area contributed by atoms with E-state index in [1.165, 1.54) is 25.7 Å². The minimum Gasteiger partial charge on any atom is -0.329 e. The van der Waals surface area contributed by atoms with Crippen molar-refractivity contribution in [2.75, 3.05) is 13.1 Å². The molecule has 0 saturated heterocycles. The van der Waals surface area contributed by atoms with Crippen molar-refractivity contribution >= 4 is 0 Å². The normalized spacial score (nSPS) is 27.9. The van der Waals surface area contributed by atoms with Gasteiger partial charge >= 0.3 is 0 Å². The fraction of sp³-hybridized carbons (Fsp3) is 0.857. The van der Waals surface area contributed by atoms with E-state index in [1.54, 1.807) is 6.33 Å². The molecular formula is C14H27N5. The molecule has 2 atom stereocenters. The van der Waals surface area contributed by atoms with E-state index in [0.717, 1.165) is 31.4 Å². The second-order valence-corrected chi connectivity index (χ2v) is 5.94. The van der Waals surface area contributed by atoms with Gasteiger partial charge in [-0.25, -0.2) is 4.98 Å². The third-order valence-corrected chi connectivity index (χ3v) is 4.64. The molecule has 2 rings (SSSR count). The predicted molar refractivity (Wildman–Crippen MR) is 76.5 cm³/mol. The second kappa shape index (κ2) is 6.01. The van der Waals surface area contributed by atoms with Crippen molar-refractivity contribution in [1.29, 1.82) is 0 Å². The van der Waals surface area contributed by atoms with Gasteiger partial charge in [0, 0.05) is 19.1 Å². The molecule has 1 heterocycles. The van der Waals surface area contributed by atoms with E-state index in [9.17, 15) is 0 Å². The lowest BCUT2D eigenvalue weighted by atomic mass is 9.75. The summed E-state index contributed by atoms with van der Waals surface area (Å²) in [5.41, 5.74) is 6.31. The molecule has 19 heavy (non-hydrogen) atoms. The number of hydrogen-bond acceptors (Lipinski definition) is 4. The van der Waals surface area contributed by atoms with Gasteiger partial charge in [0.2, 0.25) is 0 Å². The zero-order valence-corrected chi connectivity index (χ0v) is 12.5. The standard InChI is InChI=1S/C14H27N5/c1-4-19(9-13-16-11-17-18(13)3)14(10-15)7-5-6-12(2)8-14/h11-12H,4-10,15H2,1-3H3. The van der Waals surface area contributed by atoms with E-state index in [0.29, 0.717) is 0 Å². The molecule has 0 bridgehead atoms. The van der Waals surface area contributed by atoms with Crippen LogP contribution in [0.2, 0.25) is 0 Å². The van der Waals surface area contributed by atoms with Crippen LogP contribution in [-0.4, -0.2) is 38.3 Å². The van der Waals surface area contributed by atoms with Crippen LogP contribution in [0.3, 0.4) is 0 Å². The van der Waals surface area contributed by atoms with Crippen LogP contribution in [0.1, 0.15) is 45.4 Å². The summed E-state index contributed by atoms with van der Waals surface area (Å²) >= 11 is 0. The van der Waals surface area contributed by atoms with E-state index in [1.807, 2.05) is 11.7 Å². The Bertz CT molecular complexity index is 402. The largest absolute Gasteiger partial charge is 0.329 e. The molecule has 108 valence electrons. The minimum atomic E-state index is 0.151. The van der Waals surface area contributed by atoms with Gasteiger partial charge in [-0.15, -0.1) is 0 Å². The van der Waals surface area contributed by atoms with Crippen LogP contribution < -0.4 is 5.73 Å². The zero-order valence-electron chi connectivity index (χ0n) is 12.5. The summed E-state index contributed by atoms with van der Waals surface area (Å²) in [5, 5.41) is 4.16. The highest BCUT2D eigenvalue weighted by molar-refractivity contribution is 4.98. The third-order valence-electron chi connectivity index (χ3n) is 4.64. The van der Waals surface area contributed by atoms with Crippen LogP contribution in [0.5, 0.6) is 0 Å². The van der Waals surface area contributed by atoms with E-state index >= 15 is 0 Å². The first-order valence-corrected chi connectivity index (χ1v) is 7.39. The average molecular weight is 265 g/mol. The summed E-state index contributed by atoms with van der Waals surface area (Å²) in [6, 6.07) is 0. The first-order chi connectivity index (χ1) is 9.11. The molecule has 1 fully saturated rings. The first kappa shape index (κ1) is 14.5. The molecule has 0 amide bonds. The van der Waals surface area contributed by atoms with Crippen LogP contribution >= 0.6 is 0 Å². The van der Waals surface area contributed by atoms with Gasteiger partial charge in [-0.3, -0.25) is 9.58 Å². The van der Waals surface area contributed by atoms with Crippen molar-refractivity contribution in [2.45, 2.75) is 51.6 Å². The van der Waals surface area contributed by atoms with Crippen LogP contribution in [0.15, 0.2) is 6.33 Å². The number of nitrogens with two attached hydrogens (primary N) is 1. The lowest BCUT2D eigenvalue weighted by molar-refractivity contribution is 0.0339. The molecule has 1 aromatic heterocycles. The summed E-state index contributed by atoms with van der Waals surface area (Å²) in [5.74, 6) is 1.79. The Balaban J connectivity index is 2.16. The Kier molecular flexibility index (Phi) is 4.58. The molecule has 1 aliphatic carbocycles. The van der Waals surface area contributed by atoms with Gasteiger partial charge in [0.25, 0.3) is 0 Å². The van der Waals surface area contributed by atoms with Gasteiger partial charge in [-0.1, -0.05) is 26.7 Å². The Morgan fingerprint density at radius 3 is 2.89 bits per heavy atom. The Morgan fingerprint density at radius 2 is 2.37 bits per heavy atom. The lowest BCUT2D eigenvalue weighted by Crippen LogP contribution is -2.55. The summed E-state index contributed by atoms with van der Waals surface area (Å²) < 4.78 is 1.86. The highest BCUT2D eigenvalue weighted by Crippen LogP contribution is 2.36. The molecule has 1 aliphatic rings. The predicted octanol–water partition coefficient (Wildman–Crippen LogP) is 1.54. The van der Waals surface area contributed by atoms with E-state index < -0.39 is 0 Å². The molecule has 0 radical (unpaired) electrons. The fourth-order valence-electron chi connectivity index (χ4n) is 3.48. The minimum absolute atomic E-state index is 0.151. The van der Waals surface area contributed by atoms with Gasteiger partial charge < -0.3 is 5.73 Å². The highest BCUT2D eigenvalue weighted by atomic mass is 15.3. The quantitative estimate of drug-likeness (QED) is 0.877. The molecule has 2 unspecified atom stereocenters. The van der Waals surface area contributed by atoms with Crippen molar-refractivity contribution in [2.24, 2.45) is 18.7 Å². The molecule has 1 saturated carbocycles. The molecule has 5 heteroatoms. The Morgan fingerprint density at radius 1 is 1.58 bits per heavy atom. The second-order valence-electron chi connectivity index (χ2n) is 5.94. The van der Waals surface area contributed by atoms with Crippen molar-refractivity contribution in [3.63, 3.8) is 0 Å². The Hall–Kier alpha value is -0.940. The van der Waals surface area contributed by atoms with Gasteiger partial charge in [0.05, 0.1) is 6.54 Å². The number of nitrogens with zero attached hydrogens (tertiary/aromatic N) is 4. The summed E-state index contributed by atoms with van der Waals surface area (Å²) in [6.45, 7) is 7.16. The van der Waals surface area contributed by atoms with Crippen molar-refractivity contribution in [1.82, 2.24) is 19.7 Å². The first-order valence-electron chi connectivity index (χ1n) is 7.39. The van der Waals surface area contributed by atoms with Gasteiger partial charge in [0.1, 0.15) is 12.2 Å². The number of aromatic nitrogens is 3. The van der Waals surface area contributed by atoms with Gasteiger partial charge in [-0.05, 0) is 25.3 Å². The van der Waals surface area contributed by atoms with E-state index in [4.69, 9.17) is 5.73 Å².